The zero-order chi connectivity index (χ0) is 9.35. The topological polar surface area (TPSA) is 20.2 Å². The Morgan fingerprint density at radius 3 is 2.33 bits per heavy atom. The summed E-state index contributed by atoms with van der Waals surface area (Å²) in [6.45, 7) is 8.49. The highest BCUT2D eigenvalue weighted by Gasteiger charge is 2.32. The van der Waals surface area contributed by atoms with Crippen LogP contribution in [0.15, 0.2) is 11.1 Å². The van der Waals surface area contributed by atoms with Gasteiger partial charge in [0.05, 0.1) is 6.10 Å². The fourth-order valence-corrected chi connectivity index (χ4v) is 1.89. The van der Waals surface area contributed by atoms with E-state index in [4.69, 9.17) is 0 Å². The van der Waals surface area contributed by atoms with Crippen LogP contribution in [0.1, 0.15) is 47.0 Å². The average Bonchev–Trinajstić information content (AvgIpc) is 1.97. The molecule has 0 saturated carbocycles. The maximum absolute atomic E-state index is 9.62. The van der Waals surface area contributed by atoms with Crippen LogP contribution in [0.25, 0.3) is 0 Å². The third kappa shape index (κ3) is 1.71. The smallest absolute Gasteiger partial charge is 0.0568 e. The van der Waals surface area contributed by atoms with E-state index >= 15 is 0 Å². The van der Waals surface area contributed by atoms with Gasteiger partial charge >= 0.3 is 0 Å². The van der Waals surface area contributed by atoms with Gasteiger partial charge < -0.3 is 5.11 Å². The lowest BCUT2D eigenvalue weighted by atomic mass is 9.70. The number of aliphatic hydroxyl groups excluding tert-OH is 1. The van der Waals surface area contributed by atoms with Gasteiger partial charge in [-0.15, -0.1) is 0 Å². The van der Waals surface area contributed by atoms with Crippen LogP contribution in [0.2, 0.25) is 0 Å². The van der Waals surface area contributed by atoms with Crippen molar-refractivity contribution >= 4 is 0 Å². The van der Waals surface area contributed by atoms with Gasteiger partial charge in [-0.25, -0.2) is 0 Å². The van der Waals surface area contributed by atoms with Crippen LogP contribution in [0, 0.1) is 5.41 Å². The summed E-state index contributed by atoms with van der Waals surface area (Å²) in [5, 5.41) is 9.62. The largest absolute Gasteiger partial charge is 0.393 e. The van der Waals surface area contributed by atoms with Gasteiger partial charge in [0.25, 0.3) is 0 Å². The average molecular weight is 168 g/mol. The fourth-order valence-electron chi connectivity index (χ4n) is 1.89. The first-order chi connectivity index (χ1) is 5.46. The van der Waals surface area contributed by atoms with E-state index in [0.717, 1.165) is 19.3 Å². The standard InChI is InChI=1S/C11H20O/c1-8-5-6-11(4,10(3)12)7-9(8)2/h10,12H,5-7H2,1-4H3. The van der Waals surface area contributed by atoms with Gasteiger partial charge in [-0.1, -0.05) is 18.1 Å². The van der Waals surface area contributed by atoms with Crippen molar-refractivity contribution in [2.24, 2.45) is 5.41 Å². The first kappa shape index (κ1) is 9.79. The Morgan fingerprint density at radius 1 is 1.33 bits per heavy atom. The summed E-state index contributed by atoms with van der Waals surface area (Å²) in [6, 6.07) is 0. The third-order valence-corrected chi connectivity index (χ3v) is 3.48. The van der Waals surface area contributed by atoms with E-state index in [0.29, 0.717) is 0 Å². The molecule has 70 valence electrons. The molecule has 2 atom stereocenters. The third-order valence-electron chi connectivity index (χ3n) is 3.48. The molecule has 0 aromatic rings. The minimum Gasteiger partial charge on any atom is -0.393 e. The molecule has 1 heteroatoms. The second-order valence-corrected chi connectivity index (χ2v) is 4.57. The highest BCUT2D eigenvalue weighted by atomic mass is 16.3. The quantitative estimate of drug-likeness (QED) is 0.597. The van der Waals surface area contributed by atoms with Crippen molar-refractivity contribution < 1.29 is 5.11 Å². The van der Waals surface area contributed by atoms with Gasteiger partial charge in [0, 0.05) is 0 Å². The SMILES string of the molecule is CC1=C(C)CC(C)(C(C)O)CC1. The van der Waals surface area contributed by atoms with Crippen LogP contribution in [-0.2, 0) is 0 Å². The first-order valence-electron chi connectivity index (χ1n) is 4.79. The van der Waals surface area contributed by atoms with E-state index in [1.165, 1.54) is 11.1 Å². The van der Waals surface area contributed by atoms with Crippen LogP contribution >= 0.6 is 0 Å². The summed E-state index contributed by atoms with van der Waals surface area (Å²) in [7, 11) is 0. The molecule has 12 heavy (non-hydrogen) atoms. The Bertz CT molecular complexity index is 203. The van der Waals surface area contributed by atoms with Gasteiger partial charge in [-0.05, 0) is 45.4 Å². The molecule has 1 nitrogen and oxygen atoms in total. The zero-order valence-electron chi connectivity index (χ0n) is 8.65. The molecule has 0 spiro atoms. The van der Waals surface area contributed by atoms with Gasteiger partial charge in [-0.2, -0.15) is 0 Å². The summed E-state index contributed by atoms with van der Waals surface area (Å²) in [5.41, 5.74) is 3.13. The Balaban J connectivity index is 2.77. The molecular formula is C11H20O. The van der Waals surface area contributed by atoms with Crippen LogP contribution in [0.5, 0.6) is 0 Å². The van der Waals surface area contributed by atoms with Crippen molar-refractivity contribution in [2.45, 2.75) is 53.1 Å². The maximum Gasteiger partial charge on any atom is 0.0568 e. The van der Waals surface area contributed by atoms with Crippen LogP contribution in [0.3, 0.4) is 0 Å². The number of hydrogen-bond acceptors (Lipinski definition) is 1. The van der Waals surface area contributed by atoms with Crippen molar-refractivity contribution in [3.8, 4) is 0 Å². The number of allylic oxidation sites excluding steroid dienone is 2. The van der Waals surface area contributed by atoms with Crippen LogP contribution in [-0.4, -0.2) is 11.2 Å². The fraction of sp³-hybridized carbons (Fsp3) is 0.818. The van der Waals surface area contributed by atoms with E-state index < -0.39 is 0 Å². The highest BCUT2D eigenvalue weighted by molar-refractivity contribution is 5.16. The second kappa shape index (κ2) is 3.21. The summed E-state index contributed by atoms with van der Waals surface area (Å²) in [6.07, 6.45) is 3.18. The van der Waals surface area contributed by atoms with E-state index in [1.54, 1.807) is 0 Å². The second-order valence-electron chi connectivity index (χ2n) is 4.57. The Morgan fingerprint density at radius 2 is 1.92 bits per heavy atom. The molecule has 0 heterocycles. The molecule has 0 aliphatic heterocycles. The minimum absolute atomic E-state index is 0.129. The Kier molecular flexibility index (Phi) is 2.62. The number of hydrogen-bond donors (Lipinski definition) is 1. The minimum atomic E-state index is -0.180. The van der Waals surface area contributed by atoms with Gasteiger partial charge in [0.2, 0.25) is 0 Å². The van der Waals surface area contributed by atoms with Crippen molar-refractivity contribution in [2.75, 3.05) is 0 Å². The molecule has 1 aliphatic rings. The van der Waals surface area contributed by atoms with Gasteiger partial charge in [0.1, 0.15) is 0 Å². The molecule has 1 rings (SSSR count). The number of aliphatic hydroxyl groups is 1. The molecule has 0 saturated heterocycles. The predicted molar refractivity (Wildman–Crippen MR) is 52.0 cm³/mol. The first-order valence-corrected chi connectivity index (χ1v) is 4.79. The lowest BCUT2D eigenvalue weighted by Crippen LogP contribution is -2.32. The Hall–Kier alpha value is -0.300. The predicted octanol–water partition coefficient (Wildman–Crippen LogP) is 2.89. The zero-order valence-corrected chi connectivity index (χ0v) is 8.65. The molecule has 0 aromatic carbocycles. The summed E-state index contributed by atoms with van der Waals surface area (Å²) in [4.78, 5) is 0. The summed E-state index contributed by atoms with van der Waals surface area (Å²) >= 11 is 0. The van der Waals surface area contributed by atoms with Crippen molar-refractivity contribution in [1.29, 1.82) is 0 Å². The molecule has 0 aromatic heterocycles. The molecule has 0 bridgehead atoms. The van der Waals surface area contributed by atoms with Crippen molar-refractivity contribution in [1.82, 2.24) is 0 Å². The van der Waals surface area contributed by atoms with Gasteiger partial charge in [0.15, 0.2) is 0 Å². The monoisotopic (exact) mass is 168 g/mol. The number of rotatable bonds is 1. The van der Waals surface area contributed by atoms with E-state index in [2.05, 4.69) is 20.8 Å². The molecule has 0 amide bonds. The van der Waals surface area contributed by atoms with Gasteiger partial charge in [-0.3, -0.25) is 0 Å². The molecule has 1 N–H and O–H groups in total. The molecular weight excluding hydrogens is 148 g/mol. The molecule has 1 aliphatic carbocycles. The van der Waals surface area contributed by atoms with Crippen molar-refractivity contribution in [3.63, 3.8) is 0 Å². The summed E-state index contributed by atoms with van der Waals surface area (Å²) in [5.74, 6) is 0. The highest BCUT2D eigenvalue weighted by Crippen LogP contribution is 2.41. The van der Waals surface area contributed by atoms with E-state index in [-0.39, 0.29) is 11.5 Å². The lowest BCUT2D eigenvalue weighted by Gasteiger charge is -2.37. The molecule has 0 fully saturated rings. The summed E-state index contributed by atoms with van der Waals surface area (Å²) < 4.78 is 0. The molecule has 2 unspecified atom stereocenters. The normalized spacial score (nSPS) is 33.8. The maximum atomic E-state index is 9.62. The Labute approximate surface area is 75.5 Å². The molecule has 0 radical (unpaired) electrons. The van der Waals surface area contributed by atoms with E-state index in [1.807, 2.05) is 6.92 Å². The van der Waals surface area contributed by atoms with Crippen LogP contribution in [0.4, 0.5) is 0 Å². The van der Waals surface area contributed by atoms with Crippen LogP contribution < -0.4 is 0 Å². The van der Waals surface area contributed by atoms with Crippen molar-refractivity contribution in [3.05, 3.63) is 11.1 Å². The lowest BCUT2D eigenvalue weighted by molar-refractivity contribution is 0.0417. The van der Waals surface area contributed by atoms with E-state index in [9.17, 15) is 5.11 Å².